The second kappa shape index (κ2) is 13.1. The number of nitrogens with zero attached hydrogens (tertiary/aromatic N) is 1. The number of allylic oxidation sites excluding steroid dienone is 5. The van der Waals surface area contributed by atoms with Crippen molar-refractivity contribution in [2.24, 2.45) is 57.2 Å². The monoisotopic (exact) mass is 723 g/mol. The third-order valence-corrected chi connectivity index (χ3v) is 19.5. The van der Waals surface area contributed by atoms with E-state index in [1.54, 1.807) is 0 Å². The summed E-state index contributed by atoms with van der Waals surface area (Å²) in [6.07, 6.45) is 21.7. The number of fused-ring (bicyclic) bond motifs is 7. The Balaban J connectivity index is 1.11. The highest BCUT2D eigenvalue weighted by Gasteiger charge is 2.70. The number of hydrogen-bond acceptors (Lipinski definition) is 5. The van der Waals surface area contributed by atoms with Crippen LogP contribution in [0.15, 0.2) is 35.5 Å². The second-order valence-electron chi connectivity index (χ2n) is 20.2. The van der Waals surface area contributed by atoms with E-state index >= 15 is 0 Å². The van der Waals surface area contributed by atoms with E-state index < -0.39 is 15.8 Å². The first kappa shape index (κ1) is 37.9. The lowest BCUT2D eigenvalue weighted by Gasteiger charge is -2.72. The molecule has 286 valence electrons. The fourth-order valence-corrected chi connectivity index (χ4v) is 16.0. The largest absolute Gasteiger partial charge is 0.481 e. The Kier molecular flexibility index (Phi) is 9.73. The standard InChI is InChI=1S/C44H70N2O4S/c1-29(2)33-15-22-44(45-25-28-46-26-18-32(19-27-46)51(8,49)50)24-23-42(6)35(38(33)44)13-14-37-41(5)20-16-34(30-9-11-31(12-10-30)39(47)48)40(3,4)36(41)17-21-43(37,42)7/h9,16,31-33,35-38,45H,1,10-15,17-28H2,2-8H3,(H,47,48)/t31-,33-,35+,36-,37+,38+,41-,42+,43+,44-/m0/s1. The molecule has 0 bridgehead atoms. The maximum absolute atomic E-state index is 12.1. The SMILES string of the molecule is C=C(C)[C@@H]1CC[C@]2(NCCN3CCC(S(C)(=O)=O)CC3)CC[C@]3(C)[C@H](CC[C@@H]4[C@@]5(C)CC=C(C6=CC[C@H](C(=O)O)CC6)C(C)(C)[C@@H]5CC[C@]43C)[C@@H]12. The number of likely N-dealkylation sites (tertiary alicyclic amines) is 1. The van der Waals surface area contributed by atoms with E-state index in [0.29, 0.717) is 46.8 Å². The summed E-state index contributed by atoms with van der Waals surface area (Å²) >= 11 is 0. The summed E-state index contributed by atoms with van der Waals surface area (Å²) in [5.41, 5.74) is 5.50. The second-order valence-corrected chi connectivity index (χ2v) is 22.5. The van der Waals surface area contributed by atoms with Gasteiger partial charge in [-0.2, -0.15) is 0 Å². The first-order chi connectivity index (χ1) is 23.9. The lowest BCUT2D eigenvalue weighted by Crippen LogP contribution is -2.68. The van der Waals surface area contributed by atoms with Crippen LogP contribution in [0.25, 0.3) is 0 Å². The molecule has 1 saturated heterocycles. The zero-order valence-electron chi connectivity index (χ0n) is 33.2. The lowest BCUT2D eigenvalue weighted by atomic mass is 9.33. The molecule has 0 spiro atoms. The Morgan fingerprint density at radius 3 is 2.27 bits per heavy atom. The Morgan fingerprint density at radius 1 is 0.922 bits per heavy atom. The van der Waals surface area contributed by atoms with Gasteiger partial charge in [-0.25, -0.2) is 8.42 Å². The van der Waals surface area contributed by atoms with Gasteiger partial charge in [0.2, 0.25) is 0 Å². The van der Waals surface area contributed by atoms with Crippen molar-refractivity contribution >= 4 is 15.8 Å². The summed E-state index contributed by atoms with van der Waals surface area (Å²) in [4.78, 5) is 14.2. The molecular weight excluding hydrogens is 653 g/mol. The molecule has 10 atom stereocenters. The van der Waals surface area contributed by atoms with Crippen LogP contribution in [0, 0.1) is 57.2 Å². The van der Waals surface area contributed by atoms with Crippen molar-refractivity contribution in [3.63, 3.8) is 0 Å². The molecule has 7 aliphatic rings. The predicted octanol–water partition coefficient (Wildman–Crippen LogP) is 8.84. The average molecular weight is 723 g/mol. The average Bonchev–Trinajstić information content (AvgIpc) is 3.45. The van der Waals surface area contributed by atoms with Crippen LogP contribution in [0.1, 0.15) is 131 Å². The molecule has 0 aromatic carbocycles. The molecule has 7 rings (SSSR count). The van der Waals surface area contributed by atoms with Gasteiger partial charge in [-0.1, -0.05) is 58.9 Å². The summed E-state index contributed by atoms with van der Waals surface area (Å²) in [6, 6.07) is 0. The molecule has 1 aliphatic heterocycles. The minimum atomic E-state index is -2.94. The van der Waals surface area contributed by atoms with Crippen molar-refractivity contribution in [1.82, 2.24) is 10.2 Å². The maximum atomic E-state index is 12.1. The molecule has 0 amide bonds. The number of carboxylic acids is 1. The highest BCUT2D eigenvalue weighted by atomic mass is 32.2. The molecule has 6 aliphatic carbocycles. The van der Waals surface area contributed by atoms with Crippen molar-refractivity contribution in [1.29, 1.82) is 0 Å². The number of piperidine rings is 1. The van der Waals surface area contributed by atoms with Gasteiger partial charge in [0.25, 0.3) is 0 Å². The summed E-state index contributed by atoms with van der Waals surface area (Å²) in [7, 11) is -2.94. The third kappa shape index (κ3) is 5.99. The minimum Gasteiger partial charge on any atom is -0.481 e. The highest BCUT2D eigenvalue weighted by molar-refractivity contribution is 7.91. The Labute approximate surface area is 310 Å². The summed E-state index contributed by atoms with van der Waals surface area (Å²) in [5.74, 6) is 2.40. The molecule has 0 radical (unpaired) electrons. The van der Waals surface area contributed by atoms with Gasteiger partial charge in [0, 0.05) is 24.9 Å². The first-order valence-electron chi connectivity index (χ1n) is 20.8. The number of nitrogens with one attached hydrogen (secondary N) is 1. The van der Waals surface area contributed by atoms with Gasteiger partial charge in [-0.15, -0.1) is 0 Å². The molecular formula is C44H70N2O4S. The van der Waals surface area contributed by atoms with Crippen LogP contribution in [-0.4, -0.2) is 67.6 Å². The fourth-order valence-electron chi connectivity index (χ4n) is 14.9. The van der Waals surface area contributed by atoms with Gasteiger partial charge in [0.1, 0.15) is 9.84 Å². The number of hydrogen-bond donors (Lipinski definition) is 2. The quantitative estimate of drug-likeness (QED) is 0.244. The van der Waals surface area contributed by atoms with Crippen LogP contribution in [-0.2, 0) is 14.6 Å². The van der Waals surface area contributed by atoms with E-state index in [1.165, 1.54) is 74.3 Å². The molecule has 51 heavy (non-hydrogen) atoms. The van der Waals surface area contributed by atoms with Crippen LogP contribution in [0.4, 0.5) is 0 Å². The minimum absolute atomic E-state index is 0.0934. The molecule has 0 aromatic heterocycles. The van der Waals surface area contributed by atoms with Gasteiger partial charge >= 0.3 is 5.97 Å². The summed E-state index contributed by atoms with van der Waals surface area (Å²) < 4.78 is 24.3. The van der Waals surface area contributed by atoms with E-state index in [2.05, 4.69) is 70.5 Å². The molecule has 7 heteroatoms. The van der Waals surface area contributed by atoms with Crippen LogP contribution in [0.2, 0.25) is 0 Å². The number of carboxylic acid groups (broad SMARTS) is 1. The van der Waals surface area contributed by atoms with Gasteiger partial charge < -0.3 is 15.3 Å². The lowest BCUT2D eigenvalue weighted by molar-refractivity contribution is -0.221. The normalized spacial score (nSPS) is 44.3. The molecule has 1 heterocycles. The number of aliphatic carboxylic acids is 1. The van der Waals surface area contributed by atoms with Crippen molar-refractivity contribution in [3.8, 4) is 0 Å². The van der Waals surface area contributed by atoms with E-state index in [0.717, 1.165) is 58.3 Å². The molecule has 6 nitrogen and oxygen atoms in total. The Hall–Kier alpha value is -1.44. The summed E-state index contributed by atoms with van der Waals surface area (Å²) in [5, 5.41) is 13.7. The molecule has 2 N–H and O–H groups in total. The fraction of sp³-hybridized carbons (Fsp3) is 0.841. The van der Waals surface area contributed by atoms with Gasteiger partial charge in [-0.3, -0.25) is 4.79 Å². The third-order valence-electron chi connectivity index (χ3n) is 17.8. The van der Waals surface area contributed by atoms with Gasteiger partial charge in [0.15, 0.2) is 0 Å². The van der Waals surface area contributed by atoms with Crippen LogP contribution < -0.4 is 5.32 Å². The summed E-state index contributed by atoms with van der Waals surface area (Å²) in [6.45, 7) is 23.9. The topological polar surface area (TPSA) is 86.7 Å². The Morgan fingerprint density at radius 2 is 1.65 bits per heavy atom. The molecule has 5 fully saturated rings. The van der Waals surface area contributed by atoms with E-state index in [4.69, 9.17) is 0 Å². The maximum Gasteiger partial charge on any atom is 0.306 e. The smallest absolute Gasteiger partial charge is 0.306 e. The van der Waals surface area contributed by atoms with Crippen LogP contribution >= 0.6 is 0 Å². The number of carbonyl (C=O) groups is 1. The van der Waals surface area contributed by atoms with Crippen LogP contribution in [0.5, 0.6) is 0 Å². The van der Waals surface area contributed by atoms with Crippen molar-refractivity contribution in [2.45, 2.75) is 142 Å². The van der Waals surface area contributed by atoms with Crippen molar-refractivity contribution < 1.29 is 18.3 Å². The first-order valence-corrected chi connectivity index (χ1v) is 22.8. The van der Waals surface area contributed by atoms with E-state index in [9.17, 15) is 18.3 Å². The highest BCUT2D eigenvalue weighted by Crippen LogP contribution is 2.76. The van der Waals surface area contributed by atoms with E-state index in [1.807, 2.05) is 0 Å². The van der Waals surface area contributed by atoms with Crippen molar-refractivity contribution in [3.05, 3.63) is 35.5 Å². The zero-order chi connectivity index (χ0) is 36.8. The van der Waals surface area contributed by atoms with Gasteiger partial charge in [-0.05, 0) is 172 Å². The van der Waals surface area contributed by atoms with Crippen LogP contribution in [0.3, 0.4) is 0 Å². The number of rotatable bonds is 8. The zero-order valence-corrected chi connectivity index (χ0v) is 34.0. The Bertz CT molecular complexity index is 1570. The van der Waals surface area contributed by atoms with E-state index in [-0.39, 0.29) is 27.5 Å². The van der Waals surface area contributed by atoms with Gasteiger partial charge in [0.05, 0.1) is 11.2 Å². The molecule has 0 unspecified atom stereocenters. The molecule has 4 saturated carbocycles. The predicted molar refractivity (Wildman–Crippen MR) is 208 cm³/mol. The molecule has 0 aromatic rings. The number of sulfone groups is 1. The van der Waals surface area contributed by atoms with Crippen molar-refractivity contribution in [2.75, 3.05) is 32.4 Å².